The maximum atomic E-state index is 13.0. The number of aromatic amines is 1. The number of benzene rings is 2. The Morgan fingerprint density at radius 2 is 1.93 bits per heavy atom. The third-order valence-corrected chi connectivity index (χ3v) is 5.86. The van der Waals surface area contributed by atoms with Gasteiger partial charge in [0, 0.05) is 47.6 Å². The fraction of sp³-hybridized carbons (Fsp3) is 0.348. The number of hydrogen-bond acceptors (Lipinski definition) is 2. The number of fused-ring (bicyclic) bond motifs is 1. The van der Waals surface area contributed by atoms with Crippen molar-refractivity contribution < 1.29 is 9.53 Å². The van der Waals surface area contributed by atoms with Gasteiger partial charge in [0.2, 0.25) is 5.91 Å². The van der Waals surface area contributed by atoms with Crippen molar-refractivity contribution in [2.75, 3.05) is 26.3 Å². The Labute approximate surface area is 170 Å². The van der Waals surface area contributed by atoms with Crippen molar-refractivity contribution in [3.63, 3.8) is 0 Å². The minimum atomic E-state index is -0.0199. The van der Waals surface area contributed by atoms with Gasteiger partial charge in [0.05, 0.1) is 13.2 Å². The van der Waals surface area contributed by atoms with Gasteiger partial charge in [-0.05, 0) is 35.2 Å². The van der Waals surface area contributed by atoms with Crippen LogP contribution >= 0.6 is 11.6 Å². The molecule has 3 aromatic rings. The first-order valence-electron chi connectivity index (χ1n) is 9.87. The molecule has 0 unspecified atom stereocenters. The van der Waals surface area contributed by atoms with E-state index < -0.39 is 0 Å². The smallest absolute Gasteiger partial charge is 0.223 e. The van der Waals surface area contributed by atoms with Crippen LogP contribution in [0.15, 0.2) is 48.7 Å². The number of morpholine rings is 1. The van der Waals surface area contributed by atoms with Crippen molar-refractivity contribution in [3.8, 4) is 0 Å². The largest absolute Gasteiger partial charge is 0.378 e. The highest BCUT2D eigenvalue weighted by atomic mass is 35.5. The molecule has 1 aromatic heterocycles. The molecule has 4 rings (SSSR count). The summed E-state index contributed by atoms with van der Waals surface area (Å²) in [5, 5.41) is 1.89. The van der Waals surface area contributed by atoms with Gasteiger partial charge >= 0.3 is 0 Å². The lowest BCUT2D eigenvalue weighted by Gasteiger charge is -2.28. The zero-order valence-corrected chi connectivity index (χ0v) is 16.8. The van der Waals surface area contributed by atoms with Crippen LogP contribution in [0.5, 0.6) is 0 Å². The molecule has 1 aliphatic rings. The third kappa shape index (κ3) is 3.80. The normalized spacial score (nSPS) is 15.7. The fourth-order valence-corrected chi connectivity index (χ4v) is 4.17. The van der Waals surface area contributed by atoms with Crippen LogP contribution in [0, 0.1) is 0 Å². The van der Waals surface area contributed by atoms with Crippen molar-refractivity contribution in [2.45, 2.75) is 25.7 Å². The van der Waals surface area contributed by atoms with Crippen LogP contribution in [-0.2, 0) is 16.0 Å². The van der Waals surface area contributed by atoms with Gasteiger partial charge in [0.25, 0.3) is 0 Å². The van der Waals surface area contributed by atoms with E-state index in [4.69, 9.17) is 16.3 Å². The molecule has 0 aliphatic carbocycles. The average molecular weight is 397 g/mol. The van der Waals surface area contributed by atoms with Gasteiger partial charge in [0.15, 0.2) is 0 Å². The summed E-state index contributed by atoms with van der Waals surface area (Å²) in [4.78, 5) is 18.4. The number of nitrogens with one attached hydrogen (secondary N) is 1. The number of halogens is 1. The summed E-state index contributed by atoms with van der Waals surface area (Å²) in [6.07, 6.45) is 3.47. The lowest BCUT2D eigenvalue weighted by Crippen LogP contribution is -2.41. The summed E-state index contributed by atoms with van der Waals surface area (Å²) in [5.74, 6) is 0.151. The highest BCUT2D eigenvalue weighted by Crippen LogP contribution is 2.35. The Bertz CT molecular complexity index is 958. The van der Waals surface area contributed by atoms with Crippen LogP contribution in [-0.4, -0.2) is 42.1 Å². The number of rotatable bonds is 5. The molecule has 0 bridgehead atoms. The van der Waals surface area contributed by atoms with Gasteiger partial charge < -0.3 is 14.6 Å². The lowest BCUT2D eigenvalue weighted by atomic mass is 9.87. The molecule has 2 aromatic carbocycles. The molecule has 2 heterocycles. The Morgan fingerprint density at radius 3 is 2.64 bits per heavy atom. The van der Waals surface area contributed by atoms with Crippen LogP contribution in [0.3, 0.4) is 0 Å². The van der Waals surface area contributed by atoms with E-state index in [0.29, 0.717) is 37.7 Å². The van der Waals surface area contributed by atoms with E-state index in [1.807, 2.05) is 29.2 Å². The molecular weight excluding hydrogens is 372 g/mol. The number of hydrogen-bond donors (Lipinski definition) is 1. The number of para-hydroxylation sites is 1. The predicted molar refractivity (Wildman–Crippen MR) is 113 cm³/mol. The molecule has 0 radical (unpaired) electrons. The highest BCUT2D eigenvalue weighted by Gasteiger charge is 2.25. The van der Waals surface area contributed by atoms with Gasteiger partial charge in [0.1, 0.15) is 0 Å². The fourth-order valence-electron chi connectivity index (χ4n) is 4.04. The van der Waals surface area contributed by atoms with Gasteiger partial charge in [-0.1, -0.05) is 48.9 Å². The summed E-state index contributed by atoms with van der Waals surface area (Å²) >= 11 is 6.11. The SMILES string of the molecule is CCc1cccc2c([C@H](CC(=O)N3CCOCC3)c3ccc(Cl)cc3)c[nH]c12. The molecule has 1 fully saturated rings. The first kappa shape index (κ1) is 19.0. The topological polar surface area (TPSA) is 45.3 Å². The van der Waals surface area contributed by atoms with E-state index in [1.165, 1.54) is 10.9 Å². The second-order valence-electron chi connectivity index (χ2n) is 7.24. The second-order valence-corrected chi connectivity index (χ2v) is 7.68. The van der Waals surface area contributed by atoms with E-state index in [1.54, 1.807) is 0 Å². The molecule has 1 saturated heterocycles. The number of aromatic nitrogens is 1. The number of nitrogens with zero attached hydrogens (tertiary/aromatic N) is 1. The maximum absolute atomic E-state index is 13.0. The third-order valence-electron chi connectivity index (χ3n) is 5.60. The minimum absolute atomic E-state index is 0.0199. The van der Waals surface area contributed by atoms with Crippen LogP contribution in [0.25, 0.3) is 10.9 Å². The van der Waals surface area contributed by atoms with Gasteiger partial charge in [-0.15, -0.1) is 0 Å². The number of carbonyl (C=O) groups excluding carboxylic acids is 1. The molecule has 1 N–H and O–H groups in total. The van der Waals surface area contributed by atoms with E-state index in [9.17, 15) is 4.79 Å². The first-order chi connectivity index (χ1) is 13.7. The Kier molecular flexibility index (Phi) is 5.69. The highest BCUT2D eigenvalue weighted by molar-refractivity contribution is 6.30. The first-order valence-corrected chi connectivity index (χ1v) is 10.2. The summed E-state index contributed by atoms with van der Waals surface area (Å²) < 4.78 is 5.39. The van der Waals surface area contributed by atoms with E-state index in [0.717, 1.165) is 23.1 Å². The monoisotopic (exact) mass is 396 g/mol. The van der Waals surface area contributed by atoms with E-state index in [2.05, 4.69) is 36.3 Å². The Hall–Kier alpha value is -2.30. The standard InChI is InChI=1S/C23H25ClN2O2/c1-2-16-4-3-5-19-21(15-25-23(16)19)20(17-6-8-18(24)9-7-17)14-22(27)26-10-12-28-13-11-26/h3-9,15,20,25H,2,10-14H2,1H3/t20-/m1/s1. The number of amides is 1. The summed E-state index contributed by atoms with van der Waals surface area (Å²) in [7, 11) is 0. The van der Waals surface area contributed by atoms with Crippen LogP contribution < -0.4 is 0 Å². The molecule has 5 heteroatoms. The molecule has 28 heavy (non-hydrogen) atoms. The zero-order valence-electron chi connectivity index (χ0n) is 16.1. The van der Waals surface area contributed by atoms with E-state index >= 15 is 0 Å². The zero-order chi connectivity index (χ0) is 19.5. The van der Waals surface area contributed by atoms with Crippen molar-refractivity contribution in [2.24, 2.45) is 0 Å². The molecule has 146 valence electrons. The Morgan fingerprint density at radius 1 is 1.18 bits per heavy atom. The van der Waals surface area contributed by atoms with Crippen molar-refractivity contribution in [1.29, 1.82) is 0 Å². The minimum Gasteiger partial charge on any atom is -0.378 e. The summed E-state index contributed by atoms with van der Waals surface area (Å²) in [5.41, 5.74) is 4.72. The molecule has 1 atom stereocenters. The molecule has 1 aliphatic heterocycles. The lowest BCUT2D eigenvalue weighted by molar-refractivity contribution is -0.135. The number of H-pyrrole nitrogens is 1. The molecule has 4 nitrogen and oxygen atoms in total. The van der Waals surface area contributed by atoms with Gasteiger partial charge in [-0.25, -0.2) is 0 Å². The van der Waals surface area contributed by atoms with Crippen LogP contribution in [0.2, 0.25) is 5.02 Å². The van der Waals surface area contributed by atoms with Crippen molar-refractivity contribution in [3.05, 3.63) is 70.4 Å². The Balaban J connectivity index is 1.73. The van der Waals surface area contributed by atoms with Crippen molar-refractivity contribution >= 4 is 28.4 Å². The van der Waals surface area contributed by atoms with E-state index in [-0.39, 0.29) is 11.8 Å². The molecular formula is C23H25ClN2O2. The van der Waals surface area contributed by atoms with Gasteiger partial charge in [-0.3, -0.25) is 4.79 Å². The summed E-state index contributed by atoms with van der Waals surface area (Å²) in [6, 6.07) is 14.2. The second kappa shape index (κ2) is 8.38. The van der Waals surface area contributed by atoms with Crippen LogP contribution in [0.1, 0.15) is 36.0 Å². The molecule has 1 amide bonds. The number of carbonyl (C=O) groups is 1. The summed E-state index contributed by atoms with van der Waals surface area (Å²) in [6.45, 7) is 4.72. The molecule has 0 saturated carbocycles. The average Bonchev–Trinajstić information content (AvgIpc) is 3.17. The molecule has 0 spiro atoms. The number of ether oxygens (including phenoxy) is 1. The van der Waals surface area contributed by atoms with Crippen LogP contribution in [0.4, 0.5) is 0 Å². The van der Waals surface area contributed by atoms with Crippen molar-refractivity contribution in [1.82, 2.24) is 9.88 Å². The number of aryl methyl sites for hydroxylation is 1. The maximum Gasteiger partial charge on any atom is 0.223 e. The predicted octanol–water partition coefficient (Wildman–Crippen LogP) is 4.76. The quantitative estimate of drug-likeness (QED) is 0.675. The van der Waals surface area contributed by atoms with Gasteiger partial charge in [-0.2, -0.15) is 0 Å².